The third kappa shape index (κ3) is 4.38. The van der Waals surface area contributed by atoms with E-state index in [1.807, 2.05) is 19.1 Å². The number of carboxylic acids is 1. The zero-order valence-corrected chi connectivity index (χ0v) is 15.4. The molecule has 3 rings (SSSR count). The van der Waals surface area contributed by atoms with Gasteiger partial charge in [-0.15, -0.1) is 0 Å². The summed E-state index contributed by atoms with van der Waals surface area (Å²) in [6, 6.07) is 13.4. The Kier molecular flexibility index (Phi) is 5.61. The van der Waals surface area contributed by atoms with Gasteiger partial charge in [-0.1, -0.05) is 24.3 Å². The van der Waals surface area contributed by atoms with Crippen molar-refractivity contribution < 1.29 is 24.2 Å². The molecule has 0 aliphatic carbocycles. The number of carboxylic acid groups (broad SMARTS) is 1. The Morgan fingerprint density at radius 1 is 1.19 bits per heavy atom. The SMILES string of the molecule is CCOc1ccc(/C=C2/SC(=O)N(Cc3cccc(C(=O)O)c3)C2=O)cc1. The Balaban J connectivity index is 1.76. The normalized spacial score (nSPS) is 15.4. The first-order valence-corrected chi connectivity index (χ1v) is 9.10. The summed E-state index contributed by atoms with van der Waals surface area (Å²) < 4.78 is 5.38. The van der Waals surface area contributed by atoms with Crippen LogP contribution in [0.4, 0.5) is 4.79 Å². The van der Waals surface area contributed by atoms with Crippen LogP contribution < -0.4 is 4.74 Å². The number of thioether (sulfide) groups is 1. The van der Waals surface area contributed by atoms with E-state index in [9.17, 15) is 14.4 Å². The number of ether oxygens (including phenoxy) is 1. The van der Waals surface area contributed by atoms with E-state index in [1.165, 1.54) is 12.1 Å². The highest BCUT2D eigenvalue weighted by Gasteiger charge is 2.35. The zero-order valence-electron chi connectivity index (χ0n) is 14.5. The Morgan fingerprint density at radius 3 is 2.59 bits per heavy atom. The van der Waals surface area contributed by atoms with Gasteiger partial charge in [-0.05, 0) is 60.2 Å². The van der Waals surface area contributed by atoms with E-state index in [1.54, 1.807) is 30.3 Å². The van der Waals surface area contributed by atoms with Gasteiger partial charge in [0.15, 0.2) is 0 Å². The number of rotatable bonds is 6. The monoisotopic (exact) mass is 383 g/mol. The summed E-state index contributed by atoms with van der Waals surface area (Å²) in [6.45, 7) is 2.50. The maximum Gasteiger partial charge on any atom is 0.335 e. The molecule has 138 valence electrons. The van der Waals surface area contributed by atoms with Crippen LogP contribution >= 0.6 is 11.8 Å². The molecule has 0 radical (unpaired) electrons. The van der Waals surface area contributed by atoms with Gasteiger partial charge in [0, 0.05) is 0 Å². The van der Waals surface area contributed by atoms with Crippen LogP contribution in [0, 0.1) is 0 Å². The van der Waals surface area contributed by atoms with E-state index in [0.29, 0.717) is 17.1 Å². The number of amides is 2. The molecule has 1 aliphatic rings. The lowest BCUT2D eigenvalue weighted by Crippen LogP contribution is -2.27. The van der Waals surface area contributed by atoms with Crippen LogP contribution in [0.1, 0.15) is 28.4 Å². The van der Waals surface area contributed by atoms with Crippen LogP contribution in [0.5, 0.6) is 5.75 Å². The molecule has 1 N–H and O–H groups in total. The molecular weight excluding hydrogens is 366 g/mol. The molecule has 1 aliphatic heterocycles. The maximum absolute atomic E-state index is 12.6. The number of carbonyl (C=O) groups is 3. The van der Waals surface area contributed by atoms with Crippen molar-refractivity contribution in [1.29, 1.82) is 0 Å². The molecule has 0 aromatic heterocycles. The lowest BCUT2D eigenvalue weighted by Gasteiger charge is -2.12. The third-order valence-electron chi connectivity index (χ3n) is 3.88. The van der Waals surface area contributed by atoms with Crippen LogP contribution in [0.15, 0.2) is 53.4 Å². The lowest BCUT2D eigenvalue weighted by atomic mass is 10.1. The highest BCUT2D eigenvalue weighted by molar-refractivity contribution is 8.18. The number of hydrogen-bond donors (Lipinski definition) is 1. The Bertz CT molecular complexity index is 920. The van der Waals surface area contributed by atoms with Crippen molar-refractivity contribution in [3.05, 3.63) is 70.1 Å². The Morgan fingerprint density at radius 2 is 1.93 bits per heavy atom. The van der Waals surface area contributed by atoms with Gasteiger partial charge in [-0.2, -0.15) is 0 Å². The summed E-state index contributed by atoms with van der Waals surface area (Å²) in [6.07, 6.45) is 1.66. The van der Waals surface area contributed by atoms with Crippen molar-refractivity contribution in [1.82, 2.24) is 4.90 Å². The summed E-state index contributed by atoms with van der Waals surface area (Å²) in [5.41, 5.74) is 1.49. The van der Waals surface area contributed by atoms with Crippen LogP contribution in [-0.4, -0.2) is 33.7 Å². The molecule has 0 atom stereocenters. The van der Waals surface area contributed by atoms with E-state index in [4.69, 9.17) is 9.84 Å². The van der Waals surface area contributed by atoms with Crippen LogP contribution in [-0.2, 0) is 11.3 Å². The Labute approximate surface area is 160 Å². The molecule has 0 unspecified atom stereocenters. The lowest BCUT2D eigenvalue weighted by molar-refractivity contribution is -0.123. The van der Waals surface area contributed by atoms with Gasteiger partial charge in [0.05, 0.1) is 23.6 Å². The van der Waals surface area contributed by atoms with Gasteiger partial charge in [0.2, 0.25) is 0 Å². The second kappa shape index (κ2) is 8.09. The number of aromatic carboxylic acids is 1. The summed E-state index contributed by atoms with van der Waals surface area (Å²) in [5, 5.41) is 8.69. The molecule has 1 saturated heterocycles. The van der Waals surface area contributed by atoms with Gasteiger partial charge in [-0.25, -0.2) is 4.79 Å². The minimum absolute atomic E-state index is 0.0341. The predicted octanol–water partition coefficient (Wildman–Crippen LogP) is 4.02. The molecule has 6 nitrogen and oxygen atoms in total. The number of hydrogen-bond acceptors (Lipinski definition) is 5. The fraction of sp³-hybridized carbons (Fsp3) is 0.150. The van der Waals surface area contributed by atoms with Crippen LogP contribution in [0.3, 0.4) is 0 Å². The largest absolute Gasteiger partial charge is 0.494 e. The fourth-order valence-corrected chi connectivity index (χ4v) is 3.44. The van der Waals surface area contributed by atoms with Gasteiger partial charge < -0.3 is 9.84 Å². The molecule has 0 bridgehead atoms. The van der Waals surface area contributed by atoms with E-state index < -0.39 is 5.97 Å². The van der Waals surface area contributed by atoms with E-state index >= 15 is 0 Å². The van der Waals surface area contributed by atoms with E-state index in [2.05, 4.69) is 0 Å². The predicted molar refractivity (Wildman–Crippen MR) is 103 cm³/mol. The highest BCUT2D eigenvalue weighted by atomic mass is 32.2. The average molecular weight is 383 g/mol. The first-order valence-electron chi connectivity index (χ1n) is 8.28. The second-order valence-electron chi connectivity index (χ2n) is 5.78. The molecular formula is C20H17NO5S. The number of carbonyl (C=O) groups excluding carboxylic acids is 2. The number of imide groups is 1. The highest BCUT2D eigenvalue weighted by Crippen LogP contribution is 2.33. The van der Waals surface area contributed by atoms with Crippen molar-refractivity contribution in [3.8, 4) is 5.75 Å². The molecule has 1 heterocycles. The zero-order chi connectivity index (χ0) is 19.4. The molecule has 2 amide bonds. The second-order valence-corrected chi connectivity index (χ2v) is 6.77. The van der Waals surface area contributed by atoms with Crippen molar-refractivity contribution in [2.75, 3.05) is 6.61 Å². The van der Waals surface area contributed by atoms with Gasteiger partial charge >= 0.3 is 5.97 Å². The number of benzene rings is 2. The summed E-state index contributed by atoms with van der Waals surface area (Å²) in [5.74, 6) is -0.706. The van der Waals surface area contributed by atoms with Crippen LogP contribution in [0.2, 0.25) is 0 Å². The van der Waals surface area contributed by atoms with Crippen LogP contribution in [0.25, 0.3) is 6.08 Å². The van der Waals surface area contributed by atoms with Crippen molar-refractivity contribution >= 4 is 35.0 Å². The molecule has 1 fully saturated rings. The molecule has 2 aromatic rings. The summed E-state index contributed by atoms with van der Waals surface area (Å²) >= 11 is 0.872. The third-order valence-corrected chi connectivity index (χ3v) is 4.78. The molecule has 0 saturated carbocycles. The first kappa shape index (κ1) is 18.7. The average Bonchev–Trinajstić information content (AvgIpc) is 2.91. The first-order chi connectivity index (χ1) is 13.0. The molecule has 27 heavy (non-hydrogen) atoms. The minimum atomic E-state index is -1.05. The summed E-state index contributed by atoms with van der Waals surface area (Å²) in [7, 11) is 0. The molecule has 0 spiro atoms. The molecule has 7 heteroatoms. The quantitative estimate of drug-likeness (QED) is 0.759. The Hall–Kier alpha value is -3.06. The minimum Gasteiger partial charge on any atom is -0.494 e. The van der Waals surface area contributed by atoms with Gasteiger partial charge in [0.1, 0.15) is 5.75 Å². The van der Waals surface area contributed by atoms with E-state index in [0.717, 1.165) is 28.0 Å². The van der Waals surface area contributed by atoms with Gasteiger partial charge in [0.25, 0.3) is 11.1 Å². The topological polar surface area (TPSA) is 83.9 Å². The number of nitrogens with zero attached hydrogens (tertiary/aromatic N) is 1. The van der Waals surface area contributed by atoms with Gasteiger partial charge in [-0.3, -0.25) is 14.5 Å². The smallest absolute Gasteiger partial charge is 0.335 e. The summed E-state index contributed by atoms with van der Waals surface area (Å²) in [4.78, 5) is 37.3. The maximum atomic E-state index is 12.6. The standard InChI is InChI=1S/C20H17NO5S/c1-2-26-16-8-6-13(7-9-16)11-17-18(22)21(20(25)27-17)12-14-4-3-5-15(10-14)19(23)24/h3-11H,2,12H2,1H3,(H,23,24)/b17-11+. The van der Waals surface area contributed by atoms with Crippen molar-refractivity contribution in [2.45, 2.75) is 13.5 Å². The van der Waals surface area contributed by atoms with Crippen molar-refractivity contribution in [2.24, 2.45) is 0 Å². The molecule has 2 aromatic carbocycles. The van der Waals surface area contributed by atoms with E-state index in [-0.39, 0.29) is 23.3 Å². The van der Waals surface area contributed by atoms with Crippen molar-refractivity contribution in [3.63, 3.8) is 0 Å². The fourth-order valence-electron chi connectivity index (χ4n) is 2.60.